The molecule has 0 radical (unpaired) electrons. The Balaban J connectivity index is 1.70. The second kappa shape index (κ2) is 7.58. The minimum atomic E-state index is 0.819. The highest BCUT2D eigenvalue weighted by Gasteiger charge is 2.39. The van der Waals surface area contributed by atoms with E-state index in [9.17, 15) is 0 Å². The summed E-state index contributed by atoms with van der Waals surface area (Å²) in [7, 11) is 2.26. The summed E-state index contributed by atoms with van der Waals surface area (Å²) in [6.45, 7) is 5.96. The Labute approximate surface area is 135 Å². The molecule has 1 aromatic carbocycles. The molecule has 1 saturated heterocycles. The van der Waals surface area contributed by atoms with Gasteiger partial charge in [0.05, 0.1) is 6.54 Å². The first kappa shape index (κ1) is 16.0. The number of likely N-dealkylation sites (N-methyl/N-ethyl adjacent to an activating group) is 1. The van der Waals surface area contributed by atoms with Crippen LogP contribution < -0.4 is 5.43 Å². The fourth-order valence-corrected chi connectivity index (χ4v) is 4.17. The van der Waals surface area contributed by atoms with Crippen molar-refractivity contribution in [1.82, 2.24) is 10.3 Å². The molecule has 0 bridgehead atoms. The van der Waals surface area contributed by atoms with E-state index in [2.05, 4.69) is 47.7 Å². The minimum Gasteiger partial charge on any atom is -0.295 e. The van der Waals surface area contributed by atoms with E-state index >= 15 is 0 Å². The van der Waals surface area contributed by atoms with Crippen LogP contribution in [0.1, 0.15) is 44.1 Å². The van der Waals surface area contributed by atoms with Crippen LogP contribution in [0.15, 0.2) is 30.3 Å². The van der Waals surface area contributed by atoms with Gasteiger partial charge in [-0.1, -0.05) is 43.2 Å². The molecule has 1 aliphatic heterocycles. The van der Waals surface area contributed by atoms with Crippen molar-refractivity contribution in [1.29, 1.82) is 0 Å². The number of hydrogen-bond donors (Lipinski definition) is 1. The Kier molecular flexibility index (Phi) is 5.51. The van der Waals surface area contributed by atoms with Crippen LogP contribution in [0.3, 0.4) is 0 Å². The molecular formula is C19H32N3+. The van der Waals surface area contributed by atoms with E-state index in [4.69, 9.17) is 0 Å². The summed E-state index contributed by atoms with van der Waals surface area (Å²) < 4.78 is 1.15. The molecule has 3 rings (SSSR count). The number of nitrogens with zero attached hydrogens (tertiary/aromatic N) is 2. The summed E-state index contributed by atoms with van der Waals surface area (Å²) in [6, 6.07) is 11.7. The molecule has 3 heteroatoms. The number of rotatable bonds is 4. The highest BCUT2D eigenvalue weighted by molar-refractivity contribution is 5.13. The molecule has 1 aliphatic carbocycles. The number of quaternary nitrogens is 1. The van der Waals surface area contributed by atoms with E-state index in [0.29, 0.717) is 0 Å². The topological polar surface area (TPSA) is 15.3 Å². The first-order valence-corrected chi connectivity index (χ1v) is 9.13. The molecule has 0 amide bonds. The Hall–Kier alpha value is -0.900. The number of nitrogens with one attached hydrogen (secondary N) is 1. The average molecular weight is 302 g/mol. The van der Waals surface area contributed by atoms with Crippen molar-refractivity contribution in [2.24, 2.45) is 0 Å². The summed E-state index contributed by atoms with van der Waals surface area (Å²) in [5.74, 6) is 0. The lowest BCUT2D eigenvalue weighted by atomic mass is 10.0. The molecule has 1 N–H and O–H groups in total. The Morgan fingerprint density at radius 3 is 2.27 bits per heavy atom. The van der Waals surface area contributed by atoms with E-state index in [-0.39, 0.29) is 0 Å². The first-order chi connectivity index (χ1) is 10.8. The maximum absolute atomic E-state index is 3.98. The fourth-order valence-electron chi connectivity index (χ4n) is 4.17. The first-order valence-electron chi connectivity index (χ1n) is 9.13. The van der Waals surface area contributed by atoms with Gasteiger partial charge < -0.3 is 0 Å². The highest BCUT2D eigenvalue weighted by Crippen LogP contribution is 2.27. The molecule has 1 aromatic rings. The third-order valence-corrected chi connectivity index (χ3v) is 5.73. The van der Waals surface area contributed by atoms with E-state index < -0.39 is 0 Å². The zero-order valence-corrected chi connectivity index (χ0v) is 14.1. The van der Waals surface area contributed by atoms with E-state index in [1.807, 2.05) is 0 Å². The monoisotopic (exact) mass is 302 g/mol. The van der Waals surface area contributed by atoms with Crippen LogP contribution >= 0.6 is 0 Å². The molecule has 0 spiro atoms. The second-order valence-electron chi connectivity index (χ2n) is 7.25. The van der Waals surface area contributed by atoms with Crippen molar-refractivity contribution >= 4 is 0 Å². The predicted octanol–water partition coefficient (Wildman–Crippen LogP) is 3.18. The van der Waals surface area contributed by atoms with Gasteiger partial charge in [0, 0.05) is 25.9 Å². The van der Waals surface area contributed by atoms with Crippen molar-refractivity contribution in [2.75, 3.05) is 33.2 Å². The zero-order valence-electron chi connectivity index (χ0n) is 14.1. The largest absolute Gasteiger partial charge is 0.295 e. The summed E-state index contributed by atoms with van der Waals surface area (Å²) >= 11 is 0. The highest BCUT2D eigenvalue weighted by atomic mass is 15.7. The van der Waals surface area contributed by atoms with Gasteiger partial charge in [0.2, 0.25) is 0 Å². The molecule has 22 heavy (non-hydrogen) atoms. The Morgan fingerprint density at radius 2 is 1.64 bits per heavy atom. The van der Waals surface area contributed by atoms with Crippen LogP contribution in [-0.2, 0) is 6.54 Å². The van der Waals surface area contributed by atoms with Gasteiger partial charge in [0.15, 0.2) is 0 Å². The number of benzene rings is 1. The van der Waals surface area contributed by atoms with Crippen LogP contribution in [0.25, 0.3) is 0 Å². The summed E-state index contributed by atoms with van der Waals surface area (Å²) in [4.78, 5) is 2.48. The molecule has 122 valence electrons. The fraction of sp³-hybridized carbons (Fsp3) is 0.684. The minimum absolute atomic E-state index is 0.819. The van der Waals surface area contributed by atoms with Gasteiger partial charge >= 0.3 is 0 Å². The molecule has 0 unspecified atom stereocenters. The number of hydrogen-bond acceptors (Lipinski definition) is 2. The van der Waals surface area contributed by atoms with Crippen LogP contribution in [0, 0.1) is 0 Å². The van der Waals surface area contributed by atoms with Gasteiger partial charge in [-0.3, -0.25) is 4.90 Å². The van der Waals surface area contributed by atoms with Gasteiger partial charge in [-0.15, -0.1) is 0 Å². The molecule has 2 fully saturated rings. The van der Waals surface area contributed by atoms with Crippen LogP contribution in [0.5, 0.6) is 0 Å². The summed E-state index contributed by atoms with van der Waals surface area (Å²) in [5.41, 5.74) is 5.39. The quantitative estimate of drug-likeness (QED) is 0.679. The van der Waals surface area contributed by atoms with Crippen LogP contribution in [0.4, 0.5) is 0 Å². The lowest BCUT2D eigenvalue weighted by molar-refractivity contribution is -0.996. The normalized spacial score (nSPS) is 24.0. The smallest absolute Gasteiger partial charge is 0.109 e. The zero-order chi connectivity index (χ0) is 15.3. The molecule has 1 saturated carbocycles. The third-order valence-electron chi connectivity index (χ3n) is 5.73. The van der Waals surface area contributed by atoms with Crippen molar-refractivity contribution in [3.63, 3.8) is 0 Å². The predicted molar refractivity (Wildman–Crippen MR) is 92.3 cm³/mol. The lowest BCUT2D eigenvalue weighted by Crippen LogP contribution is -2.69. The standard InChI is InChI=1S/C19H32N3/c1-21-13-15-22(16-14-21,19-11-7-2-3-8-12-19)20-17-18-9-5-4-6-10-18/h4-6,9-10,19-20H,2-3,7-8,11-17H2,1H3/q+1. The Bertz CT molecular complexity index is 429. The molecular weight excluding hydrogens is 270 g/mol. The SMILES string of the molecule is CN1CC[N+](NCc2ccccc2)(C2CCCCCC2)CC1. The molecule has 0 aromatic heterocycles. The van der Waals surface area contributed by atoms with Gasteiger partial charge in [0.25, 0.3) is 0 Å². The Morgan fingerprint density at radius 1 is 1.00 bits per heavy atom. The van der Waals surface area contributed by atoms with Crippen LogP contribution in [-0.4, -0.2) is 48.8 Å². The molecule has 1 heterocycles. The van der Waals surface area contributed by atoms with Crippen molar-refractivity contribution in [3.8, 4) is 0 Å². The van der Waals surface area contributed by atoms with E-state index in [0.717, 1.165) is 17.2 Å². The third kappa shape index (κ3) is 3.89. The lowest BCUT2D eigenvalue weighted by Gasteiger charge is -2.48. The molecule has 3 nitrogen and oxygen atoms in total. The van der Waals surface area contributed by atoms with Gasteiger partial charge in [0.1, 0.15) is 19.1 Å². The second-order valence-corrected chi connectivity index (χ2v) is 7.25. The van der Waals surface area contributed by atoms with Gasteiger partial charge in [-0.25, -0.2) is 4.59 Å². The maximum Gasteiger partial charge on any atom is 0.109 e. The van der Waals surface area contributed by atoms with Crippen LogP contribution in [0.2, 0.25) is 0 Å². The van der Waals surface area contributed by atoms with E-state index in [1.54, 1.807) is 0 Å². The number of piperazine rings is 1. The van der Waals surface area contributed by atoms with Gasteiger partial charge in [-0.2, -0.15) is 5.43 Å². The summed E-state index contributed by atoms with van der Waals surface area (Å²) in [6.07, 6.45) is 8.54. The van der Waals surface area contributed by atoms with E-state index in [1.165, 1.54) is 70.3 Å². The summed E-state index contributed by atoms with van der Waals surface area (Å²) in [5, 5.41) is 0. The van der Waals surface area contributed by atoms with Crippen molar-refractivity contribution < 1.29 is 4.59 Å². The maximum atomic E-state index is 3.98. The average Bonchev–Trinajstić information content (AvgIpc) is 2.86. The van der Waals surface area contributed by atoms with Crippen molar-refractivity contribution in [2.45, 2.75) is 51.1 Å². The van der Waals surface area contributed by atoms with Gasteiger partial charge in [-0.05, 0) is 25.5 Å². The molecule has 2 aliphatic rings. The molecule has 0 atom stereocenters. The van der Waals surface area contributed by atoms with Crippen molar-refractivity contribution in [3.05, 3.63) is 35.9 Å².